The lowest BCUT2D eigenvalue weighted by molar-refractivity contribution is -0.147. The summed E-state index contributed by atoms with van der Waals surface area (Å²) < 4.78 is 49.3. The number of benzene rings is 2. The van der Waals surface area contributed by atoms with Crippen molar-refractivity contribution in [1.29, 1.82) is 0 Å². The molecule has 0 aliphatic heterocycles. The molecule has 11 heteroatoms. The number of carbonyl (C=O) groups excluding carboxylic acids is 3. The maximum Gasteiger partial charge on any atom is 0.305 e. The van der Waals surface area contributed by atoms with Crippen LogP contribution in [-0.4, -0.2) is 55.3 Å². The largest absolute Gasteiger partial charge is 0.493 e. The Labute approximate surface area is 249 Å². The van der Waals surface area contributed by atoms with Crippen LogP contribution in [0.5, 0.6) is 11.5 Å². The molecule has 0 aliphatic rings. The zero-order valence-electron chi connectivity index (χ0n) is 24.8. The number of hydrogen-bond acceptors (Lipinski definition) is 8. The van der Waals surface area contributed by atoms with Gasteiger partial charge in [0.1, 0.15) is 23.5 Å². The first-order valence-corrected chi connectivity index (χ1v) is 13.7. The molecule has 2 aromatic carbocycles. The van der Waals surface area contributed by atoms with Gasteiger partial charge in [0.15, 0.2) is 17.2 Å². The van der Waals surface area contributed by atoms with E-state index >= 15 is 0 Å². The van der Waals surface area contributed by atoms with Crippen molar-refractivity contribution >= 4 is 18.2 Å². The minimum atomic E-state index is -1.48. The molecule has 3 rings (SSSR count). The van der Waals surface area contributed by atoms with Crippen molar-refractivity contribution in [3.63, 3.8) is 0 Å². The van der Waals surface area contributed by atoms with Crippen LogP contribution in [0, 0.1) is 17.6 Å². The minimum absolute atomic E-state index is 0.0349. The number of halogens is 2. The second-order valence-corrected chi connectivity index (χ2v) is 10.5. The first-order chi connectivity index (χ1) is 20.5. The van der Waals surface area contributed by atoms with Crippen molar-refractivity contribution in [2.45, 2.75) is 51.7 Å². The molecule has 0 saturated heterocycles. The van der Waals surface area contributed by atoms with E-state index in [1.807, 2.05) is 13.8 Å². The SMILES string of the molecule is COc1ccnc(C(=O)N[C@](C=O)(CO[C@@H](C)C(c2ccc(F)cc2)c2ccc(F)cc2)CC(C)C)c1OCOC(C)=O. The first kappa shape index (κ1) is 33.1. The summed E-state index contributed by atoms with van der Waals surface area (Å²) in [5.74, 6) is -2.52. The molecule has 0 aliphatic carbocycles. The predicted molar refractivity (Wildman–Crippen MR) is 154 cm³/mol. The number of nitrogens with one attached hydrogen (secondary N) is 1. The lowest BCUT2D eigenvalue weighted by Crippen LogP contribution is -2.55. The molecular formula is C32H36F2N2O7. The van der Waals surface area contributed by atoms with E-state index in [-0.39, 0.29) is 36.1 Å². The molecule has 0 saturated carbocycles. The van der Waals surface area contributed by atoms with Crippen LogP contribution in [0.2, 0.25) is 0 Å². The van der Waals surface area contributed by atoms with Crippen LogP contribution in [0.15, 0.2) is 60.8 Å². The van der Waals surface area contributed by atoms with Crippen LogP contribution in [0.25, 0.3) is 0 Å². The summed E-state index contributed by atoms with van der Waals surface area (Å²) in [6.45, 7) is 6.08. The molecule has 1 N–H and O–H groups in total. The predicted octanol–water partition coefficient (Wildman–Crippen LogP) is 5.22. The Hall–Kier alpha value is -4.38. The van der Waals surface area contributed by atoms with E-state index in [0.29, 0.717) is 6.29 Å². The molecule has 0 spiro atoms. The van der Waals surface area contributed by atoms with Gasteiger partial charge in [0.05, 0.1) is 19.8 Å². The number of pyridine rings is 1. The van der Waals surface area contributed by atoms with Crippen LogP contribution >= 0.6 is 0 Å². The topological polar surface area (TPSA) is 113 Å². The van der Waals surface area contributed by atoms with E-state index in [0.717, 1.165) is 11.1 Å². The summed E-state index contributed by atoms with van der Waals surface area (Å²) >= 11 is 0. The molecule has 230 valence electrons. The van der Waals surface area contributed by atoms with E-state index in [1.54, 1.807) is 31.2 Å². The van der Waals surface area contributed by atoms with Crippen LogP contribution in [0.3, 0.4) is 0 Å². The quantitative estimate of drug-likeness (QED) is 0.144. The van der Waals surface area contributed by atoms with E-state index in [9.17, 15) is 23.2 Å². The van der Waals surface area contributed by atoms with Gasteiger partial charge in [-0.2, -0.15) is 0 Å². The van der Waals surface area contributed by atoms with Crippen molar-refractivity contribution < 1.29 is 42.1 Å². The molecule has 43 heavy (non-hydrogen) atoms. The Balaban J connectivity index is 1.90. The molecule has 0 fully saturated rings. The van der Waals surface area contributed by atoms with Gasteiger partial charge in [-0.15, -0.1) is 0 Å². The Bertz CT molecular complexity index is 1340. The Morgan fingerprint density at radius 3 is 2.05 bits per heavy atom. The number of hydrogen-bond donors (Lipinski definition) is 1. The fraction of sp³-hybridized carbons (Fsp3) is 0.375. The second kappa shape index (κ2) is 15.2. The lowest BCUT2D eigenvalue weighted by Gasteiger charge is -2.34. The van der Waals surface area contributed by atoms with Gasteiger partial charge in [-0.3, -0.25) is 9.59 Å². The monoisotopic (exact) mass is 598 g/mol. The summed E-state index contributed by atoms with van der Waals surface area (Å²) in [6, 6.07) is 13.3. The highest BCUT2D eigenvalue weighted by Gasteiger charge is 2.36. The van der Waals surface area contributed by atoms with Crippen LogP contribution < -0.4 is 14.8 Å². The zero-order chi connectivity index (χ0) is 31.6. The third kappa shape index (κ3) is 9.05. The minimum Gasteiger partial charge on any atom is -0.493 e. The molecule has 1 aromatic heterocycles. The Kier molecular flexibility index (Phi) is 11.7. The van der Waals surface area contributed by atoms with Crippen molar-refractivity contribution in [3.05, 3.63) is 89.2 Å². The Morgan fingerprint density at radius 1 is 0.977 bits per heavy atom. The van der Waals surface area contributed by atoms with Gasteiger partial charge in [-0.1, -0.05) is 38.1 Å². The van der Waals surface area contributed by atoms with Gasteiger partial charge in [-0.05, 0) is 54.7 Å². The molecule has 1 amide bonds. The van der Waals surface area contributed by atoms with Crippen molar-refractivity contribution in [2.75, 3.05) is 20.5 Å². The first-order valence-electron chi connectivity index (χ1n) is 13.7. The summed E-state index contributed by atoms with van der Waals surface area (Å²) in [4.78, 5) is 41.6. The maximum atomic E-state index is 13.7. The highest BCUT2D eigenvalue weighted by Crippen LogP contribution is 2.33. The van der Waals surface area contributed by atoms with E-state index < -0.39 is 47.9 Å². The second-order valence-electron chi connectivity index (χ2n) is 10.5. The summed E-state index contributed by atoms with van der Waals surface area (Å²) in [5.41, 5.74) is -0.223. The molecular weight excluding hydrogens is 562 g/mol. The van der Waals surface area contributed by atoms with Crippen LogP contribution in [0.4, 0.5) is 8.78 Å². The maximum absolute atomic E-state index is 13.7. The lowest BCUT2D eigenvalue weighted by atomic mass is 9.86. The number of ether oxygens (including phenoxy) is 4. The highest BCUT2D eigenvalue weighted by atomic mass is 19.1. The van der Waals surface area contributed by atoms with Gasteiger partial charge < -0.3 is 29.1 Å². The zero-order valence-corrected chi connectivity index (χ0v) is 24.8. The number of esters is 1. The summed E-state index contributed by atoms with van der Waals surface area (Å²) in [7, 11) is 1.37. The summed E-state index contributed by atoms with van der Waals surface area (Å²) in [6.07, 6.45) is 1.60. The van der Waals surface area contributed by atoms with Gasteiger partial charge in [-0.25, -0.2) is 13.8 Å². The average Bonchev–Trinajstić information content (AvgIpc) is 2.97. The van der Waals surface area contributed by atoms with Crippen molar-refractivity contribution in [3.8, 4) is 11.5 Å². The Morgan fingerprint density at radius 2 is 1.56 bits per heavy atom. The highest BCUT2D eigenvalue weighted by molar-refractivity contribution is 5.97. The fourth-order valence-electron chi connectivity index (χ4n) is 4.79. The number of amides is 1. The standard InChI is InChI=1S/C32H36F2N2O7/c1-20(2)16-32(17-37,36-31(39)29-30(43-19-42-22(4)38)27(40-5)14-15-35-29)18-41-21(3)28(23-6-10-25(33)11-7-23)24-8-12-26(34)13-9-24/h6-15,17,20-21,28H,16,18-19H2,1-5H3,(H,36,39)/t21-,32+/m0/s1. The number of methoxy groups -OCH3 is 1. The van der Waals surface area contributed by atoms with Gasteiger partial charge >= 0.3 is 5.97 Å². The van der Waals surface area contributed by atoms with E-state index in [1.165, 1.54) is 50.6 Å². The third-order valence-corrected chi connectivity index (χ3v) is 6.66. The van der Waals surface area contributed by atoms with Gasteiger partial charge in [0.25, 0.3) is 5.91 Å². The molecule has 0 radical (unpaired) electrons. The van der Waals surface area contributed by atoms with Crippen LogP contribution in [0.1, 0.15) is 61.6 Å². The van der Waals surface area contributed by atoms with E-state index in [4.69, 9.17) is 18.9 Å². The number of nitrogens with zero attached hydrogens (tertiary/aromatic N) is 1. The number of carbonyl (C=O) groups is 3. The van der Waals surface area contributed by atoms with Gasteiger partial charge in [0.2, 0.25) is 6.79 Å². The normalized spacial score (nSPS) is 13.2. The van der Waals surface area contributed by atoms with Gasteiger partial charge in [0, 0.05) is 25.1 Å². The molecule has 0 bridgehead atoms. The molecule has 9 nitrogen and oxygen atoms in total. The average molecular weight is 599 g/mol. The molecule has 2 atom stereocenters. The number of aromatic nitrogens is 1. The third-order valence-electron chi connectivity index (χ3n) is 6.66. The molecule has 1 heterocycles. The smallest absolute Gasteiger partial charge is 0.305 e. The molecule has 0 unspecified atom stereocenters. The number of aldehydes is 1. The number of rotatable bonds is 15. The van der Waals surface area contributed by atoms with Crippen molar-refractivity contribution in [2.24, 2.45) is 5.92 Å². The fourth-order valence-corrected chi connectivity index (χ4v) is 4.79. The summed E-state index contributed by atoms with van der Waals surface area (Å²) in [5, 5.41) is 2.77. The van der Waals surface area contributed by atoms with Crippen molar-refractivity contribution in [1.82, 2.24) is 10.3 Å². The van der Waals surface area contributed by atoms with E-state index in [2.05, 4.69) is 10.3 Å². The van der Waals surface area contributed by atoms with Crippen LogP contribution in [-0.2, 0) is 19.1 Å². The molecule has 3 aromatic rings.